The van der Waals surface area contributed by atoms with Crippen LogP contribution in [0.1, 0.15) is 31.6 Å². The van der Waals surface area contributed by atoms with E-state index in [-0.39, 0.29) is 12.5 Å². The molecule has 0 radical (unpaired) electrons. The Labute approximate surface area is 165 Å². The van der Waals surface area contributed by atoms with Gasteiger partial charge in [0.05, 0.1) is 12.5 Å². The molecule has 0 saturated carbocycles. The molecule has 0 fully saturated rings. The van der Waals surface area contributed by atoms with Gasteiger partial charge in [-0.15, -0.1) is 0 Å². The predicted molar refractivity (Wildman–Crippen MR) is 109 cm³/mol. The normalized spacial score (nSPS) is 16.9. The second kappa shape index (κ2) is 7.94. The van der Waals surface area contributed by atoms with Crippen molar-refractivity contribution in [2.75, 3.05) is 5.32 Å². The molecular formula is C19H20IN3O3. The summed E-state index contributed by atoms with van der Waals surface area (Å²) in [6, 6.07) is 11.2. The average molecular weight is 465 g/mol. The number of aliphatic carboxylic acids is 1. The van der Waals surface area contributed by atoms with Gasteiger partial charge in [-0.05, 0) is 71.3 Å². The first-order chi connectivity index (χ1) is 12.5. The zero-order valence-electron chi connectivity index (χ0n) is 14.5. The zero-order chi connectivity index (χ0) is 18.7. The number of nitrogens with zero attached hydrogens (tertiary/aromatic N) is 1. The Balaban J connectivity index is 1.81. The van der Waals surface area contributed by atoms with Crippen LogP contribution in [0.2, 0.25) is 0 Å². The minimum absolute atomic E-state index is 0.0202. The lowest BCUT2D eigenvalue weighted by atomic mass is 10.0. The Bertz CT molecular complexity index is 868. The highest BCUT2D eigenvalue weighted by atomic mass is 127. The molecule has 2 heterocycles. The third-order valence-electron chi connectivity index (χ3n) is 4.16. The van der Waals surface area contributed by atoms with Gasteiger partial charge in [-0.2, -0.15) is 0 Å². The molecule has 1 aliphatic heterocycles. The first-order valence-electron chi connectivity index (χ1n) is 8.37. The molecule has 2 aromatic rings. The number of rotatable bonds is 6. The summed E-state index contributed by atoms with van der Waals surface area (Å²) in [6.45, 7) is 4.16. The number of carbonyl (C=O) groups is 1. The molecule has 1 atom stereocenters. The minimum Gasteiger partial charge on any atom is -0.481 e. The number of nitrogens with one attached hydrogen (secondary N) is 2. The molecule has 1 unspecified atom stereocenters. The van der Waals surface area contributed by atoms with Crippen molar-refractivity contribution in [1.29, 1.82) is 0 Å². The summed E-state index contributed by atoms with van der Waals surface area (Å²) in [7, 11) is 0. The van der Waals surface area contributed by atoms with Crippen LogP contribution in [0.3, 0.4) is 0 Å². The smallest absolute Gasteiger partial charge is 0.307 e. The van der Waals surface area contributed by atoms with Gasteiger partial charge in [0.15, 0.2) is 15.4 Å². The number of aliphatic imine (C=N–C) groups is 1. The van der Waals surface area contributed by atoms with Gasteiger partial charge in [-0.1, -0.05) is 19.1 Å². The number of amidine groups is 1. The maximum Gasteiger partial charge on any atom is 0.307 e. The first kappa shape index (κ1) is 18.5. The second-order valence-corrected chi connectivity index (χ2v) is 7.09. The van der Waals surface area contributed by atoms with Crippen LogP contribution < -0.4 is 10.6 Å². The molecule has 136 valence electrons. The Morgan fingerprint density at radius 3 is 2.62 bits per heavy atom. The Morgan fingerprint density at radius 1 is 1.31 bits per heavy atom. The van der Waals surface area contributed by atoms with Gasteiger partial charge in [0.25, 0.3) is 0 Å². The molecule has 6 nitrogen and oxygen atoms in total. The summed E-state index contributed by atoms with van der Waals surface area (Å²) in [5, 5.41) is 15.6. The predicted octanol–water partition coefficient (Wildman–Crippen LogP) is 3.98. The van der Waals surface area contributed by atoms with Crippen LogP contribution in [0.5, 0.6) is 0 Å². The van der Waals surface area contributed by atoms with Crippen molar-refractivity contribution in [3.05, 3.63) is 62.9 Å². The number of hydrogen-bond donors (Lipinski definition) is 3. The van der Waals surface area contributed by atoms with E-state index in [9.17, 15) is 4.79 Å². The molecule has 0 spiro atoms. The first-order valence-corrected chi connectivity index (χ1v) is 9.45. The largest absolute Gasteiger partial charge is 0.481 e. The fourth-order valence-corrected chi connectivity index (χ4v) is 3.30. The molecule has 0 amide bonds. The van der Waals surface area contributed by atoms with Crippen LogP contribution in [0, 0.1) is 3.77 Å². The summed E-state index contributed by atoms with van der Waals surface area (Å²) >= 11 is 2.13. The van der Waals surface area contributed by atoms with Crippen molar-refractivity contribution in [3.63, 3.8) is 0 Å². The monoisotopic (exact) mass is 465 g/mol. The van der Waals surface area contributed by atoms with E-state index in [0.717, 1.165) is 27.3 Å². The number of furan rings is 1. The van der Waals surface area contributed by atoms with E-state index in [4.69, 9.17) is 14.5 Å². The van der Waals surface area contributed by atoms with Gasteiger partial charge in [-0.3, -0.25) is 9.79 Å². The van der Waals surface area contributed by atoms with Crippen LogP contribution in [0.15, 0.2) is 57.2 Å². The van der Waals surface area contributed by atoms with Crippen molar-refractivity contribution in [3.8, 4) is 0 Å². The van der Waals surface area contributed by atoms with Crippen molar-refractivity contribution in [2.24, 2.45) is 4.99 Å². The number of anilines is 1. The Hall–Kier alpha value is -2.29. The highest BCUT2D eigenvalue weighted by Crippen LogP contribution is 2.23. The molecular weight excluding hydrogens is 445 g/mol. The lowest BCUT2D eigenvalue weighted by molar-refractivity contribution is -0.136. The summed E-state index contributed by atoms with van der Waals surface area (Å²) in [4.78, 5) is 15.5. The summed E-state index contributed by atoms with van der Waals surface area (Å²) in [5.41, 5.74) is 2.82. The van der Waals surface area contributed by atoms with Crippen LogP contribution in [-0.4, -0.2) is 23.0 Å². The van der Waals surface area contributed by atoms with Gasteiger partial charge in [0.1, 0.15) is 5.82 Å². The number of carboxylic acids is 1. The lowest BCUT2D eigenvalue weighted by Gasteiger charge is -2.26. The molecule has 0 saturated heterocycles. The van der Waals surface area contributed by atoms with Crippen molar-refractivity contribution < 1.29 is 14.3 Å². The molecule has 0 aliphatic carbocycles. The molecule has 1 aromatic carbocycles. The third kappa shape index (κ3) is 4.27. The zero-order valence-corrected chi connectivity index (χ0v) is 16.7. The molecule has 3 N–H and O–H groups in total. The van der Waals surface area contributed by atoms with Crippen LogP contribution >= 0.6 is 22.6 Å². The maximum absolute atomic E-state index is 10.8. The van der Waals surface area contributed by atoms with Crippen LogP contribution in [0.4, 0.5) is 5.69 Å². The lowest BCUT2D eigenvalue weighted by Crippen LogP contribution is -2.35. The average Bonchev–Trinajstić information content (AvgIpc) is 3.02. The van der Waals surface area contributed by atoms with Crippen LogP contribution in [-0.2, 0) is 11.2 Å². The fourth-order valence-electron chi connectivity index (χ4n) is 2.89. The molecule has 7 heteroatoms. The minimum atomic E-state index is -0.835. The van der Waals surface area contributed by atoms with E-state index < -0.39 is 5.97 Å². The molecule has 3 rings (SSSR count). The van der Waals surface area contributed by atoms with E-state index in [1.54, 1.807) is 0 Å². The molecule has 1 aromatic heterocycles. The van der Waals surface area contributed by atoms with Gasteiger partial charge < -0.3 is 20.2 Å². The van der Waals surface area contributed by atoms with Gasteiger partial charge >= 0.3 is 5.97 Å². The highest BCUT2D eigenvalue weighted by Gasteiger charge is 2.22. The van der Waals surface area contributed by atoms with Crippen molar-refractivity contribution in [2.45, 2.75) is 32.7 Å². The van der Waals surface area contributed by atoms with Crippen LogP contribution in [0.25, 0.3) is 0 Å². The topological polar surface area (TPSA) is 86.9 Å². The quantitative estimate of drug-likeness (QED) is 0.562. The summed E-state index contributed by atoms with van der Waals surface area (Å²) in [5.74, 6) is 1.45. The van der Waals surface area contributed by atoms with E-state index in [2.05, 4.69) is 47.1 Å². The highest BCUT2D eigenvalue weighted by molar-refractivity contribution is 14.1. The van der Waals surface area contributed by atoms with Crippen molar-refractivity contribution >= 4 is 40.1 Å². The summed E-state index contributed by atoms with van der Waals surface area (Å²) in [6.07, 6.45) is 0.881. The number of halogens is 1. The maximum atomic E-state index is 10.8. The van der Waals surface area contributed by atoms with E-state index in [0.29, 0.717) is 11.6 Å². The standard InChI is InChI=1S/C19H20IN3O3/c1-3-14-11(2)21-19(15-8-9-16(20)26-15)23-18(14)22-13-6-4-12(5-7-13)10-17(24)25/h4-9,11,22H,3,10H2,1-2H3,(H,21,23)(H,24,25). The van der Waals surface area contributed by atoms with Crippen molar-refractivity contribution in [1.82, 2.24) is 5.32 Å². The molecule has 1 aliphatic rings. The van der Waals surface area contributed by atoms with Gasteiger partial charge in [-0.25, -0.2) is 0 Å². The third-order valence-corrected chi connectivity index (χ3v) is 4.74. The fraction of sp³-hybridized carbons (Fsp3) is 0.263. The summed E-state index contributed by atoms with van der Waals surface area (Å²) < 4.78 is 6.49. The molecule has 0 bridgehead atoms. The Morgan fingerprint density at radius 2 is 2.04 bits per heavy atom. The Kier molecular flexibility index (Phi) is 5.65. The SMILES string of the molecule is CCC1=C(Nc2ccc(CC(=O)O)cc2)NC(c2ccc(I)o2)=NC1C. The van der Waals surface area contributed by atoms with E-state index in [1.165, 1.54) is 5.57 Å². The number of benzene rings is 1. The number of hydrogen-bond acceptors (Lipinski definition) is 5. The second-order valence-electron chi connectivity index (χ2n) is 6.03. The van der Waals surface area contributed by atoms with Gasteiger partial charge in [0, 0.05) is 5.69 Å². The van der Waals surface area contributed by atoms with Gasteiger partial charge in [0.2, 0.25) is 0 Å². The van der Waals surface area contributed by atoms with E-state index >= 15 is 0 Å². The molecule has 26 heavy (non-hydrogen) atoms. The number of carboxylic acid groups (broad SMARTS) is 1. The van der Waals surface area contributed by atoms with E-state index in [1.807, 2.05) is 36.4 Å².